The minimum atomic E-state index is -0.0515. The lowest BCUT2D eigenvalue weighted by molar-refractivity contribution is 0.0944. The molecule has 1 aliphatic carbocycles. The fourth-order valence-electron chi connectivity index (χ4n) is 2.97. The van der Waals surface area contributed by atoms with Gasteiger partial charge in [-0.2, -0.15) is 0 Å². The van der Waals surface area contributed by atoms with Crippen LogP contribution in [0.1, 0.15) is 27.2 Å². The summed E-state index contributed by atoms with van der Waals surface area (Å²) >= 11 is 1.56. The first-order chi connectivity index (χ1) is 11.2. The highest BCUT2D eigenvalue weighted by Gasteiger charge is 2.21. The van der Waals surface area contributed by atoms with E-state index in [1.165, 1.54) is 21.6 Å². The average molecular weight is 327 g/mol. The molecule has 120 valence electrons. The second-order valence-electron chi connectivity index (χ2n) is 5.91. The Bertz CT molecular complexity index is 720. The van der Waals surface area contributed by atoms with Crippen molar-refractivity contribution in [1.29, 1.82) is 0 Å². The van der Waals surface area contributed by atoms with Crippen LogP contribution in [0.4, 0.5) is 0 Å². The van der Waals surface area contributed by atoms with E-state index in [0.717, 1.165) is 17.7 Å². The van der Waals surface area contributed by atoms with Gasteiger partial charge in [-0.1, -0.05) is 30.3 Å². The van der Waals surface area contributed by atoms with Crippen molar-refractivity contribution in [2.24, 2.45) is 5.92 Å². The van der Waals surface area contributed by atoms with Gasteiger partial charge in [-0.05, 0) is 42.0 Å². The maximum absolute atomic E-state index is 12.4. The van der Waals surface area contributed by atoms with Crippen LogP contribution >= 0.6 is 11.3 Å². The number of hydrogen-bond acceptors (Lipinski definition) is 3. The molecular weight excluding hydrogens is 306 g/mol. The van der Waals surface area contributed by atoms with Crippen molar-refractivity contribution in [1.82, 2.24) is 5.32 Å². The number of allylic oxidation sites excluding steroid dienone is 1. The summed E-state index contributed by atoms with van der Waals surface area (Å²) in [5.74, 6) is -0.0174. The number of fused-ring (bicyclic) bond motifs is 3. The predicted octanol–water partition coefficient (Wildman–Crippen LogP) is 3.43. The summed E-state index contributed by atoms with van der Waals surface area (Å²) in [6, 6.07) is 10.4. The highest BCUT2D eigenvalue weighted by molar-refractivity contribution is 7.17. The van der Waals surface area contributed by atoms with Crippen molar-refractivity contribution in [2.75, 3.05) is 13.2 Å². The standard InChI is InChI=1S/C19H21NO2S/c1-2-5-13(12-21)11-20-19(22)17-10-15-9-8-14-6-3-4-7-16(14)18(15)23-17/h2-4,6-7,10,13,21H,1,5,8-9,11-12H2,(H,20,22)/t13-/m0/s1. The lowest BCUT2D eigenvalue weighted by Gasteiger charge is -2.15. The Balaban J connectivity index is 1.75. The normalized spacial score (nSPS) is 13.8. The Morgan fingerprint density at radius 1 is 1.35 bits per heavy atom. The van der Waals surface area contributed by atoms with Gasteiger partial charge in [-0.3, -0.25) is 4.79 Å². The minimum absolute atomic E-state index is 0.0340. The summed E-state index contributed by atoms with van der Waals surface area (Å²) in [4.78, 5) is 14.4. The molecule has 1 heterocycles. The summed E-state index contributed by atoms with van der Waals surface area (Å²) in [5.41, 5.74) is 3.89. The van der Waals surface area contributed by atoms with Gasteiger partial charge in [0.2, 0.25) is 0 Å². The van der Waals surface area contributed by atoms with E-state index in [9.17, 15) is 9.90 Å². The van der Waals surface area contributed by atoms with Crippen LogP contribution in [0, 0.1) is 5.92 Å². The zero-order valence-corrected chi connectivity index (χ0v) is 13.9. The van der Waals surface area contributed by atoms with E-state index in [1.807, 2.05) is 6.07 Å². The van der Waals surface area contributed by atoms with Crippen LogP contribution in [-0.4, -0.2) is 24.2 Å². The quantitative estimate of drug-likeness (QED) is 0.799. The number of aryl methyl sites for hydroxylation is 2. The lowest BCUT2D eigenvalue weighted by Crippen LogP contribution is -2.30. The Morgan fingerprint density at radius 2 is 2.13 bits per heavy atom. The average Bonchev–Trinajstić information content (AvgIpc) is 3.03. The SMILES string of the molecule is C=CC[C@H](CO)CNC(=O)c1cc2c(s1)-c1ccccc1CC2. The van der Waals surface area contributed by atoms with Gasteiger partial charge in [0.1, 0.15) is 0 Å². The first-order valence-corrected chi connectivity index (χ1v) is 8.75. The van der Waals surface area contributed by atoms with E-state index in [0.29, 0.717) is 13.0 Å². The number of nitrogens with one attached hydrogen (secondary N) is 1. The Hall–Kier alpha value is -1.91. The number of amides is 1. The van der Waals surface area contributed by atoms with E-state index in [1.54, 1.807) is 17.4 Å². The summed E-state index contributed by atoms with van der Waals surface area (Å²) < 4.78 is 0. The van der Waals surface area contributed by atoms with Crippen LogP contribution < -0.4 is 5.32 Å². The highest BCUT2D eigenvalue weighted by Crippen LogP contribution is 2.39. The van der Waals surface area contributed by atoms with Gasteiger partial charge in [0, 0.05) is 23.9 Å². The molecule has 1 aromatic carbocycles. The molecule has 0 radical (unpaired) electrons. The molecule has 0 aliphatic heterocycles. The number of benzene rings is 1. The molecule has 0 saturated carbocycles. The number of carbonyl (C=O) groups is 1. The van der Waals surface area contributed by atoms with Gasteiger partial charge in [-0.15, -0.1) is 17.9 Å². The summed E-state index contributed by atoms with van der Waals surface area (Å²) in [7, 11) is 0. The number of thiophene rings is 1. The summed E-state index contributed by atoms with van der Waals surface area (Å²) in [5, 5.41) is 12.2. The topological polar surface area (TPSA) is 49.3 Å². The molecule has 1 aliphatic rings. The third-order valence-electron chi connectivity index (χ3n) is 4.27. The lowest BCUT2D eigenvalue weighted by atomic mass is 9.91. The molecule has 2 N–H and O–H groups in total. The van der Waals surface area contributed by atoms with Gasteiger partial charge >= 0.3 is 0 Å². The van der Waals surface area contributed by atoms with E-state index in [2.05, 4.69) is 36.2 Å². The summed E-state index contributed by atoms with van der Waals surface area (Å²) in [6.07, 6.45) is 4.50. The molecule has 3 rings (SSSR count). The molecule has 2 aromatic rings. The van der Waals surface area contributed by atoms with Gasteiger partial charge in [-0.25, -0.2) is 0 Å². The van der Waals surface area contributed by atoms with Gasteiger partial charge < -0.3 is 10.4 Å². The fourth-order valence-corrected chi connectivity index (χ4v) is 4.15. The maximum atomic E-state index is 12.4. The van der Waals surface area contributed by atoms with Crippen molar-refractivity contribution in [3.05, 3.63) is 59.0 Å². The van der Waals surface area contributed by atoms with Crippen LogP contribution in [0.25, 0.3) is 10.4 Å². The largest absolute Gasteiger partial charge is 0.396 e. The fraction of sp³-hybridized carbons (Fsp3) is 0.316. The predicted molar refractivity (Wildman–Crippen MR) is 94.9 cm³/mol. The van der Waals surface area contributed by atoms with Crippen LogP contribution in [0.5, 0.6) is 0 Å². The minimum Gasteiger partial charge on any atom is -0.396 e. The Kier molecular flexibility index (Phi) is 4.94. The summed E-state index contributed by atoms with van der Waals surface area (Å²) in [6.45, 7) is 4.21. The zero-order chi connectivity index (χ0) is 16.2. The van der Waals surface area contributed by atoms with Gasteiger partial charge in [0.25, 0.3) is 5.91 Å². The van der Waals surface area contributed by atoms with Crippen molar-refractivity contribution >= 4 is 17.2 Å². The molecule has 4 heteroatoms. The molecule has 1 atom stereocenters. The van der Waals surface area contributed by atoms with Gasteiger partial charge in [0.05, 0.1) is 4.88 Å². The molecule has 23 heavy (non-hydrogen) atoms. The van der Waals surface area contributed by atoms with Crippen LogP contribution in [-0.2, 0) is 12.8 Å². The second kappa shape index (κ2) is 7.11. The number of rotatable bonds is 6. The molecule has 0 bridgehead atoms. The third-order valence-corrected chi connectivity index (χ3v) is 5.48. The van der Waals surface area contributed by atoms with E-state index in [-0.39, 0.29) is 18.4 Å². The van der Waals surface area contributed by atoms with E-state index >= 15 is 0 Å². The Labute approximate surface area is 140 Å². The first kappa shape index (κ1) is 16.0. The van der Waals surface area contributed by atoms with E-state index in [4.69, 9.17) is 0 Å². The molecule has 0 fully saturated rings. The first-order valence-electron chi connectivity index (χ1n) is 7.94. The number of aliphatic hydroxyl groups excluding tert-OH is 1. The number of hydrogen-bond donors (Lipinski definition) is 2. The van der Waals surface area contributed by atoms with Crippen LogP contribution in [0.2, 0.25) is 0 Å². The van der Waals surface area contributed by atoms with Crippen molar-refractivity contribution in [3.63, 3.8) is 0 Å². The van der Waals surface area contributed by atoms with E-state index < -0.39 is 0 Å². The van der Waals surface area contributed by atoms with Gasteiger partial charge in [0.15, 0.2) is 0 Å². The van der Waals surface area contributed by atoms with Crippen molar-refractivity contribution < 1.29 is 9.90 Å². The van der Waals surface area contributed by atoms with Crippen molar-refractivity contribution in [2.45, 2.75) is 19.3 Å². The number of carbonyl (C=O) groups excluding carboxylic acids is 1. The monoisotopic (exact) mass is 327 g/mol. The second-order valence-corrected chi connectivity index (χ2v) is 6.96. The van der Waals surface area contributed by atoms with Crippen LogP contribution in [0.3, 0.4) is 0 Å². The molecule has 1 amide bonds. The molecule has 0 unspecified atom stereocenters. The molecule has 0 saturated heterocycles. The molecular formula is C19H21NO2S. The van der Waals surface area contributed by atoms with Crippen molar-refractivity contribution in [3.8, 4) is 10.4 Å². The third kappa shape index (κ3) is 3.38. The zero-order valence-electron chi connectivity index (χ0n) is 13.0. The molecule has 0 spiro atoms. The molecule has 1 aromatic heterocycles. The molecule has 3 nitrogen and oxygen atoms in total. The Morgan fingerprint density at radius 3 is 2.91 bits per heavy atom. The van der Waals surface area contributed by atoms with Crippen LogP contribution in [0.15, 0.2) is 43.0 Å². The maximum Gasteiger partial charge on any atom is 0.261 e. The smallest absolute Gasteiger partial charge is 0.261 e. The number of aliphatic hydroxyl groups is 1. The highest BCUT2D eigenvalue weighted by atomic mass is 32.1.